The van der Waals surface area contributed by atoms with E-state index in [0.717, 1.165) is 0 Å². The fraction of sp³-hybridized carbons (Fsp3) is 0.500. The highest BCUT2D eigenvalue weighted by Crippen LogP contribution is 2.26. The van der Waals surface area contributed by atoms with E-state index in [-0.39, 0.29) is 23.8 Å². The van der Waals surface area contributed by atoms with Crippen LogP contribution in [0.2, 0.25) is 0 Å². The van der Waals surface area contributed by atoms with E-state index in [0.29, 0.717) is 6.42 Å². The fourth-order valence-corrected chi connectivity index (χ4v) is 1.50. The van der Waals surface area contributed by atoms with E-state index in [1.165, 1.54) is 18.2 Å². The van der Waals surface area contributed by atoms with Crippen molar-refractivity contribution >= 4 is 11.6 Å². The molecule has 4 nitrogen and oxygen atoms in total. The molecule has 1 amide bonds. The van der Waals surface area contributed by atoms with Crippen LogP contribution in [0, 0.1) is 0 Å². The van der Waals surface area contributed by atoms with E-state index in [4.69, 9.17) is 5.73 Å². The Morgan fingerprint density at radius 3 is 2.48 bits per heavy atom. The molecule has 0 spiro atoms. The second-order valence-electron chi connectivity index (χ2n) is 5.44. The first-order valence-corrected chi connectivity index (χ1v) is 6.44. The van der Waals surface area contributed by atoms with Gasteiger partial charge in [-0.1, -0.05) is 12.1 Å². The first-order valence-electron chi connectivity index (χ1n) is 6.44. The molecule has 0 radical (unpaired) electrons. The van der Waals surface area contributed by atoms with Gasteiger partial charge in [0.15, 0.2) is 6.61 Å². The van der Waals surface area contributed by atoms with Crippen LogP contribution < -0.4 is 15.8 Å². The Morgan fingerprint density at radius 2 is 1.90 bits per heavy atom. The van der Waals surface area contributed by atoms with Crippen LogP contribution in [0.1, 0.15) is 26.7 Å². The number of halogens is 3. The van der Waals surface area contributed by atoms with Crippen LogP contribution in [0.5, 0.6) is 5.75 Å². The van der Waals surface area contributed by atoms with Gasteiger partial charge in [0.25, 0.3) is 0 Å². The monoisotopic (exact) mass is 304 g/mol. The summed E-state index contributed by atoms with van der Waals surface area (Å²) in [6.45, 7) is 2.18. The quantitative estimate of drug-likeness (QED) is 0.849. The van der Waals surface area contributed by atoms with Crippen molar-refractivity contribution in [2.45, 2.75) is 38.4 Å². The lowest BCUT2D eigenvalue weighted by Crippen LogP contribution is -2.33. The molecule has 0 fully saturated rings. The van der Waals surface area contributed by atoms with Crippen molar-refractivity contribution in [1.29, 1.82) is 0 Å². The molecular weight excluding hydrogens is 285 g/mol. The Kier molecular flexibility index (Phi) is 5.60. The predicted octanol–water partition coefficient (Wildman–Crippen LogP) is 3.08. The molecule has 21 heavy (non-hydrogen) atoms. The van der Waals surface area contributed by atoms with E-state index >= 15 is 0 Å². The number of nitrogens with two attached hydrogens (primary N) is 1. The molecule has 0 bridgehead atoms. The van der Waals surface area contributed by atoms with Gasteiger partial charge in [-0.2, -0.15) is 13.2 Å². The number of carbonyl (C=O) groups excluding carboxylic acids is 1. The molecule has 0 heterocycles. The van der Waals surface area contributed by atoms with Crippen molar-refractivity contribution in [1.82, 2.24) is 0 Å². The number of hydrogen-bond acceptors (Lipinski definition) is 3. The van der Waals surface area contributed by atoms with Gasteiger partial charge in [0, 0.05) is 12.0 Å². The second-order valence-corrected chi connectivity index (χ2v) is 5.44. The predicted molar refractivity (Wildman–Crippen MR) is 74.1 cm³/mol. The minimum Gasteiger partial charge on any atom is -0.482 e. The lowest BCUT2D eigenvalue weighted by atomic mass is 10.00. The van der Waals surface area contributed by atoms with Gasteiger partial charge in [-0.15, -0.1) is 0 Å². The molecule has 0 saturated carbocycles. The SMILES string of the molecule is CC(C)(N)CCC(=O)Nc1ccccc1OCC(F)(F)F. The molecule has 7 heteroatoms. The smallest absolute Gasteiger partial charge is 0.422 e. The van der Waals surface area contributed by atoms with Crippen molar-refractivity contribution < 1.29 is 22.7 Å². The number of carbonyl (C=O) groups is 1. The van der Waals surface area contributed by atoms with Crippen LogP contribution in [-0.4, -0.2) is 24.2 Å². The number of benzene rings is 1. The molecular formula is C14H19F3N2O2. The number of para-hydroxylation sites is 2. The van der Waals surface area contributed by atoms with E-state index < -0.39 is 18.3 Å². The average molecular weight is 304 g/mol. The summed E-state index contributed by atoms with van der Waals surface area (Å²) in [5.41, 5.74) is 5.50. The van der Waals surface area contributed by atoms with Crippen LogP contribution in [-0.2, 0) is 4.79 Å². The number of ether oxygens (including phenoxy) is 1. The highest BCUT2D eigenvalue weighted by atomic mass is 19.4. The van der Waals surface area contributed by atoms with Gasteiger partial charge in [0.1, 0.15) is 5.75 Å². The zero-order valence-corrected chi connectivity index (χ0v) is 12.0. The maximum absolute atomic E-state index is 12.2. The van der Waals surface area contributed by atoms with Gasteiger partial charge in [-0.3, -0.25) is 4.79 Å². The topological polar surface area (TPSA) is 64.4 Å². The Morgan fingerprint density at radius 1 is 1.29 bits per heavy atom. The van der Waals surface area contributed by atoms with Crippen LogP contribution in [0.25, 0.3) is 0 Å². The van der Waals surface area contributed by atoms with Gasteiger partial charge in [0.2, 0.25) is 5.91 Å². The van der Waals surface area contributed by atoms with Crippen molar-refractivity contribution in [3.8, 4) is 5.75 Å². The number of rotatable bonds is 6. The maximum atomic E-state index is 12.2. The highest BCUT2D eigenvalue weighted by molar-refractivity contribution is 5.92. The Bertz CT molecular complexity index is 482. The van der Waals surface area contributed by atoms with E-state index in [1.54, 1.807) is 19.9 Å². The third-order valence-corrected chi connectivity index (χ3v) is 2.55. The number of hydrogen-bond donors (Lipinski definition) is 2. The third-order valence-electron chi connectivity index (χ3n) is 2.55. The molecule has 0 aromatic heterocycles. The maximum Gasteiger partial charge on any atom is 0.422 e. The van der Waals surface area contributed by atoms with Crippen molar-refractivity contribution in [3.05, 3.63) is 24.3 Å². The standard InChI is InChI=1S/C14H19F3N2O2/c1-13(2,18)8-7-12(20)19-10-5-3-4-6-11(10)21-9-14(15,16)17/h3-6H,7-9,18H2,1-2H3,(H,19,20). The Labute approximate surface area is 121 Å². The molecule has 0 atom stereocenters. The lowest BCUT2D eigenvalue weighted by Gasteiger charge is -2.18. The van der Waals surface area contributed by atoms with Crippen LogP contribution in [0.15, 0.2) is 24.3 Å². The fourth-order valence-electron chi connectivity index (χ4n) is 1.50. The zero-order chi connectivity index (χ0) is 16.1. The number of nitrogens with one attached hydrogen (secondary N) is 1. The summed E-state index contributed by atoms with van der Waals surface area (Å²) in [6, 6.07) is 5.98. The van der Waals surface area contributed by atoms with E-state index in [1.807, 2.05) is 0 Å². The summed E-state index contributed by atoms with van der Waals surface area (Å²) >= 11 is 0. The third kappa shape index (κ3) is 7.55. The molecule has 0 aliphatic heterocycles. The Balaban J connectivity index is 2.64. The summed E-state index contributed by atoms with van der Waals surface area (Å²) in [4.78, 5) is 11.8. The second kappa shape index (κ2) is 6.80. The molecule has 0 aliphatic carbocycles. The first-order chi connectivity index (χ1) is 9.57. The average Bonchev–Trinajstić information content (AvgIpc) is 2.33. The van der Waals surface area contributed by atoms with Crippen LogP contribution in [0.3, 0.4) is 0 Å². The van der Waals surface area contributed by atoms with Crippen molar-refractivity contribution in [2.75, 3.05) is 11.9 Å². The van der Waals surface area contributed by atoms with Gasteiger partial charge in [-0.25, -0.2) is 0 Å². The molecule has 1 aromatic carbocycles. The molecule has 0 saturated heterocycles. The van der Waals surface area contributed by atoms with E-state index in [9.17, 15) is 18.0 Å². The zero-order valence-electron chi connectivity index (χ0n) is 12.0. The molecule has 1 aromatic rings. The van der Waals surface area contributed by atoms with Crippen molar-refractivity contribution in [3.63, 3.8) is 0 Å². The number of anilines is 1. The minimum absolute atomic E-state index is 0.0183. The molecule has 3 N–H and O–H groups in total. The molecule has 118 valence electrons. The number of amides is 1. The highest BCUT2D eigenvalue weighted by Gasteiger charge is 2.28. The molecule has 1 rings (SSSR count). The van der Waals surface area contributed by atoms with Crippen molar-refractivity contribution in [2.24, 2.45) is 5.73 Å². The largest absolute Gasteiger partial charge is 0.482 e. The first kappa shape index (κ1) is 17.3. The summed E-state index contributed by atoms with van der Waals surface area (Å²) in [7, 11) is 0. The van der Waals surface area contributed by atoms with Gasteiger partial charge in [0.05, 0.1) is 5.69 Å². The Hall–Kier alpha value is -1.76. The summed E-state index contributed by atoms with van der Waals surface area (Å²) in [6.07, 6.45) is -3.79. The summed E-state index contributed by atoms with van der Waals surface area (Å²) in [5.74, 6) is -0.341. The van der Waals surface area contributed by atoms with E-state index in [2.05, 4.69) is 10.1 Å². The van der Waals surface area contributed by atoms with Crippen LogP contribution in [0.4, 0.5) is 18.9 Å². The molecule has 0 unspecified atom stereocenters. The summed E-state index contributed by atoms with van der Waals surface area (Å²) in [5, 5.41) is 2.53. The van der Waals surface area contributed by atoms with Gasteiger partial charge < -0.3 is 15.8 Å². The minimum atomic E-state index is -4.43. The van der Waals surface area contributed by atoms with Gasteiger partial charge in [-0.05, 0) is 32.4 Å². The summed E-state index contributed by atoms with van der Waals surface area (Å²) < 4.78 is 41.2. The van der Waals surface area contributed by atoms with Crippen LogP contribution >= 0.6 is 0 Å². The lowest BCUT2D eigenvalue weighted by molar-refractivity contribution is -0.153. The van der Waals surface area contributed by atoms with Gasteiger partial charge >= 0.3 is 6.18 Å². The number of alkyl halides is 3. The molecule has 0 aliphatic rings. The normalized spacial score (nSPS) is 12.1.